The summed E-state index contributed by atoms with van der Waals surface area (Å²) >= 11 is 3.50. The number of rotatable bonds is 5. The van der Waals surface area contributed by atoms with Crippen molar-refractivity contribution in [3.05, 3.63) is 27.7 Å². The maximum Gasteiger partial charge on any atom is 0.175 e. The molecule has 18 heavy (non-hydrogen) atoms. The Morgan fingerprint density at radius 3 is 2.33 bits per heavy atom. The summed E-state index contributed by atoms with van der Waals surface area (Å²) in [5.41, 5.74) is 7.74. The fourth-order valence-electron chi connectivity index (χ4n) is 1.96. The lowest BCUT2D eigenvalue weighted by Crippen LogP contribution is -2.02. The first-order valence-electron chi connectivity index (χ1n) is 5.87. The van der Waals surface area contributed by atoms with E-state index in [1.54, 1.807) is 14.2 Å². The van der Waals surface area contributed by atoms with Crippen LogP contribution in [0.15, 0.2) is 16.6 Å². The Kier molecular flexibility index (Phi) is 5.69. The number of methoxy groups -OCH3 is 2. The van der Waals surface area contributed by atoms with Gasteiger partial charge in [0.05, 0.1) is 18.7 Å². The van der Waals surface area contributed by atoms with Gasteiger partial charge >= 0.3 is 0 Å². The zero-order valence-corrected chi connectivity index (χ0v) is 12.9. The predicted octanol–water partition coefficient (Wildman–Crippen LogP) is 3.56. The average Bonchev–Trinajstić information content (AvgIpc) is 2.34. The van der Waals surface area contributed by atoms with Gasteiger partial charge in [0.25, 0.3) is 0 Å². The molecule has 0 amide bonds. The minimum atomic E-state index is 0.333. The molecule has 4 heteroatoms. The Morgan fingerprint density at radius 2 is 1.89 bits per heavy atom. The van der Waals surface area contributed by atoms with Crippen LogP contribution in [0.25, 0.3) is 6.08 Å². The molecule has 0 spiro atoms. The third-order valence-corrected chi connectivity index (χ3v) is 3.27. The van der Waals surface area contributed by atoms with E-state index in [0.29, 0.717) is 12.5 Å². The van der Waals surface area contributed by atoms with Gasteiger partial charge in [-0.1, -0.05) is 26.0 Å². The third-order valence-electron chi connectivity index (χ3n) is 2.68. The summed E-state index contributed by atoms with van der Waals surface area (Å²) < 4.78 is 11.8. The molecule has 0 heterocycles. The van der Waals surface area contributed by atoms with E-state index in [1.807, 2.05) is 18.2 Å². The number of halogens is 1. The van der Waals surface area contributed by atoms with Gasteiger partial charge in [0.15, 0.2) is 11.5 Å². The van der Waals surface area contributed by atoms with Crippen LogP contribution >= 0.6 is 15.9 Å². The first kappa shape index (κ1) is 15.1. The van der Waals surface area contributed by atoms with Crippen molar-refractivity contribution in [3.63, 3.8) is 0 Å². The maximum absolute atomic E-state index is 5.51. The molecule has 2 N–H and O–H groups in total. The van der Waals surface area contributed by atoms with Crippen molar-refractivity contribution >= 4 is 22.0 Å². The summed E-state index contributed by atoms with van der Waals surface area (Å²) in [6.45, 7) is 4.78. The highest BCUT2D eigenvalue weighted by Gasteiger charge is 2.19. The number of hydrogen-bond acceptors (Lipinski definition) is 3. The lowest BCUT2D eigenvalue weighted by Gasteiger charge is -2.19. The first-order chi connectivity index (χ1) is 8.56. The van der Waals surface area contributed by atoms with Crippen LogP contribution in [-0.2, 0) is 0 Å². The van der Waals surface area contributed by atoms with Crippen molar-refractivity contribution < 1.29 is 9.47 Å². The largest absolute Gasteiger partial charge is 0.492 e. The fraction of sp³-hybridized carbons (Fsp3) is 0.429. The SMILES string of the molecule is COc1c(Br)cc(/C=C/CN)c(C(C)C)c1OC. The number of nitrogens with two attached hydrogens (primary N) is 1. The highest BCUT2D eigenvalue weighted by molar-refractivity contribution is 9.10. The van der Waals surface area contributed by atoms with Crippen LogP contribution < -0.4 is 15.2 Å². The van der Waals surface area contributed by atoms with E-state index >= 15 is 0 Å². The second kappa shape index (κ2) is 6.81. The summed E-state index contributed by atoms with van der Waals surface area (Å²) in [4.78, 5) is 0. The molecule has 0 aliphatic heterocycles. The number of benzene rings is 1. The van der Waals surface area contributed by atoms with E-state index in [1.165, 1.54) is 0 Å². The van der Waals surface area contributed by atoms with Crippen LogP contribution in [0.1, 0.15) is 30.9 Å². The molecule has 0 atom stereocenters. The van der Waals surface area contributed by atoms with Crippen molar-refractivity contribution in [1.29, 1.82) is 0 Å². The van der Waals surface area contributed by atoms with Crippen molar-refractivity contribution in [1.82, 2.24) is 0 Å². The van der Waals surface area contributed by atoms with E-state index in [2.05, 4.69) is 29.8 Å². The molecule has 0 saturated carbocycles. The molecule has 0 aromatic heterocycles. The topological polar surface area (TPSA) is 44.5 Å². The summed E-state index contributed by atoms with van der Waals surface area (Å²) in [7, 11) is 3.30. The molecule has 3 nitrogen and oxygen atoms in total. The van der Waals surface area contributed by atoms with E-state index in [4.69, 9.17) is 15.2 Å². The van der Waals surface area contributed by atoms with E-state index < -0.39 is 0 Å². The van der Waals surface area contributed by atoms with Crippen LogP contribution in [0, 0.1) is 0 Å². The molecule has 0 radical (unpaired) electrons. The van der Waals surface area contributed by atoms with Gasteiger partial charge in [-0.3, -0.25) is 0 Å². The normalized spacial score (nSPS) is 11.3. The Bertz CT molecular complexity index is 442. The second-order valence-electron chi connectivity index (χ2n) is 4.22. The highest BCUT2D eigenvalue weighted by Crippen LogP contribution is 2.43. The third kappa shape index (κ3) is 3.06. The monoisotopic (exact) mass is 313 g/mol. The van der Waals surface area contributed by atoms with Gasteiger partial charge in [-0.2, -0.15) is 0 Å². The van der Waals surface area contributed by atoms with Gasteiger partial charge in [0.2, 0.25) is 0 Å². The minimum Gasteiger partial charge on any atom is -0.492 e. The van der Waals surface area contributed by atoms with Crippen LogP contribution in [0.3, 0.4) is 0 Å². The van der Waals surface area contributed by atoms with E-state index in [-0.39, 0.29) is 0 Å². The Hall–Kier alpha value is -1.00. The zero-order valence-electron chi connectivity index (χ0n) is 11.3. The average molecular weight is 314 g/mol. The molecule has 1 aromatic carbocycles. The summed E-state index contributed by atoms with van der Waals surface area (Å²) in [6.07, 6.45) is 3.95. The number of hydrogen-bond donors (Lipinski definition) is 1. The van der Waals surface area contributed by atoms with Gasteiger partial charge < -0.3 is 15.2 Å². The van der Waals surface area contributed by atoms with Gasteiger partial charge in [0, 0.05) is 12.1 Å². The number of ether oxygens (including phenoxy) is 2. The van der Waals surface area contributed by atoms with Crippen LogP contribution in [-0.4, -0.2) is 20.8 Å². The molecular weight excluding hydrogens is 294 g/mol. The van der Waals surface area contributed by atoms with Crippen LogP contribution in [0.2, 0.25) is 0 Å². The smallest absolute Gasteiger partial charge is 0.175 e. The molecule has 1 aromatic rings. The lowest BCUT2D eigenvalue weighted by atomic mass is 9.95. The molecule has 1 rings (SSSR count). The van der Waals surface area contributed by atoms with Crippen molar-refractivity contribution in [3.8, 4) is 11.5 Å². The van der Waals surface area contributed by atoms with Crippen molar-refractivity contribution in [2.75, 3.05) is 20.8 Å². The Morgan fingerprint density at radius 1 is 1.28 bits per heavy atom. The molecule has 0 bridgehead atoms. The quantitative estimate of drug-likeness (QED) is 0.904. The molecule has 0 fully saturated rings. The highest BCUT2D eigenvalue weighted by atomic mass is 79.9. The Balaban J connectivity index is 3.52. The Labute approximate surface area is 117 Å². The van der Waals surface area contributed by atoms with Gasteiger partial charge in [-0.05, 0) is 33.5 Å². The standard InChI is InChI=1S/C14H20BrNO2/c1-9(2)12-10(6-5-7-16)8-11(15)13(17-3)14(12)18-4/h5-6,8-9H,7,16H2,1-4H3/b6-5+. The fourth-order valence-corrected chi connectivity index (χ4v) is 2.55. The summed E-state index contributed by atoms with van der Waals surface area (Å²) in [5.74, 6) is 1.84. The summed E-state index contributed by atoms with van der Waals surface area (Å²) in [5, 5.41) is 0. The van der Waals surface area contributed by atoms with Gasteiger partial charge in [-0.15, -0.1) is 0 Å². The second-order valence-corrected chi connectivity index (χ2v) is 5.07. The van der Waals surface area contributed by atoms with Gasteiger partial charge in [0.1, 0.15) is 0 Å². The van der Waals surface area contributed by atoms with Crippen molar-refractivity contribution in [2.45, 2.75) is 19.8 Å². The molecule has 0 saturated heterocycles. The van der Waals surface area contributed by atoms with Crippen molar-refractivity contribution in [2.24, 2.45) is 5.73 Å². The predicted molar refractivity (Wildman–Crippen MR) is 79.4 cm³/mol. The maximum atomic E-state index is 5.51. The van der Waals surface area contributed by atoms with Crippen LogP contribution in [0.4, 0.5) is 0 Å². The molecule has 0 unspecified atom stereocenters. The minimum absolute atomic E-state index is 0.333. The van der Waals surface area contributed by atoms with Gasteiger partial charge in [-0.25, -0.2) is 0 Å². The first-order valence-corrected chi connectivity index (χ1v) is 6.67. The molecular formula is C14H20BrNO2. The van der Waals surface area contributed by atoms with E-state index in [9.17, 15) is 0 Å². The molecule has 100 valence electrons. The molecule has 0 aliphatic rings. The van der Waals surface area contributed by atoms with E-state index in [0.717, 1.165) is 27.1 Å². The summed E-state index contributed by atoms with van der Waals surface area (Å²) in [6, 6.07) is 2.03. The zero-order chi connectivity index (χ0) is 13.7. The molecule has 0 aliphatic carbocycles. The lowest BCUT2D eigenvalue weighted by molar-refractivity contribution is 0.348. The van der Waals surface area contributed by atoms with Crippen LogP contribution in [0.5, 0.6) is 11.5 Å².